The molecule has 164 valence electrons. The first-order valence-electron chi connectivity index (χ1n) is 12.1. The molecule has 4 aromatic rings. The van der Waals surface area contributed by atoms with Gasteiger partial charge < -0.3 is 5.32 Å². The number of hydrogen-bond acceptors (Lipinski definition) is 2. The van der Waals surface area contributed by atoms with E-state index in [4.69, 9.17) is 0 Å². The third-order valence-electron chi connectivity index (χ3n) is 7.30. The second-order valence-corrected chi connectivity index (χ2v) is 10.5. The van der Waals surface area contributed by atoms with Crippen molar-refractivity contribution in [2.24, 2.45) is 0 Å². The van der Waals surface area contributed by atoms with Crippen LogP contribution in [0.15, 0.2) is 108 Å². The maximum Gasteiger partial charge on any atom is 0.0454 e. The van der Waals surface area contributed by atoms with Crippen molar-refractivity contribution in [3.05, 3.63) is 125 Å². The minimum Gasteiger partial charge on any atom is -0.355 e. The number of hydrogen-bond donors (Lipinski definition) is 1. The van der Waals surface area contributed by atoms with Crippen molar-refractivity contribution in [2.45, 2.75) is 28.9 Å². The molecule has 2 heteroatoms. The number of thioether (sulfide) groups is 1. The fraction of sp³-hybridized carbons (Fsp3) is 0.125. The lowest BCUT2D eigenvalue weighted by molar-refractivity contribution is 0.891. The maximum atomic E-state index is 3.75. The van der Waals surface area contributed by atoms with Crippen LogP contribution >= 0.6 is 11.8 Å². The zero-order valence-corrected chi connectivity index (χ0v) is 19.7. The molecule has 2 aliphatic carbocycles. The summed E-state index contributed by atoms with van der Waals surface area (Å²) in [6.07, 6.45) is 13.7. The molecular formula is C32H25NS. The van der Waals surface area contributed by atoms with Crippen LogP contribution in [0, 0.1) is 0 Å². The molecule has 7 rings (SSSR count). The van der Waals surface area contributed by atoms with E-state index in [9.17, 15) is 0 Å². The summed E-state index contributed by atoms with van der Waals surface area (Å²) in [5, 5.41) is 6.84. The van der Waals surface area contributed by atoms with Gasteiger partial charge >= 0.3 is 0 Å². The van der Waals surface area contributed by atoms with Crippen LogP contribution in [-0.4, -0.2) is 5.25 Å². The van der Waals surface area contributed by atoms with Crippen molar-refractivity contribution < 1.29 is 0 Å². The van der Waals surface area contributed by atoms with Gasteiger partial charge in [-0.1, -0.05) is 85.0 Å². The number of anilines is 2. The number of nitrogens with one attached hydrogen (secondary N) is 1. The van der Waals surface area contributed by atoms with E-state index in [0.29, 0.717) is 11.2 Å². The molecule has 0 aromatic heterocycles. The second-order valence-electron chi connectivity index (χ2n) is 9.29. The van der Waals surface area contributed by atoms with Crippen molar-refractivity contribution in [1.82, 2.24) is 0 Å². The fourth-order valence-electron chi connectivity index (χ4n) is 5.64. The summed E-state index contributed by atoms with van der Waals surface area (Å²) >= 11 is 2.00. The van der Waals surface area contributed by atoms with Gasteiger partial charge in [-0.3, -0.25) is 0 Å². The summed E-state index contributed by atoms with van der Waals surface area (Å²) in [5.41, 5.74) is 9.42. The first-order chi connectivity index (χ1) is 16.8. The summed E-state index contributed by atoms with van der Waals surface area (Å²) in [6.45, 7) is 0. The van der Waals surface area contributed by atoms with Crippen LogP contribution in [0.2, 0.25) is 0 Å². The highest BCUT2D eigenvalue weighted by Gasteiger charge is 2.34. The van der Waals surface area contributed by atoms with Gasteiger partial charge in [-0.15, -0.1) is 11.8 Å². The fourth-order valence-corrected chi connectivity index (χ4v) is 7.11. The molecule has 0 bridgehead atoms. The smallest absolute Gasteiger partial charge is 0.0454 e. The van der Waals surface area contributed by atoms with Crippen molar-refractivity contribution in [2.75, 3.05) is 5.32 Å². The average molecular weight is 456 g/mol. The standard InChI is InChI=1S/C32H25NS/c1-2-9-24-22(8-1)20-30(27-11-4-3-10-26(24)27)33-23-18-16-21(17-19-23)25-13-7-14-29-28-12-5-6-15-31(28)34-32(25)29/h1-3,5-10,12-20,25,32-33H,4,11H2. The highest BCUT2D eigenvalue weighted by atomic mass is 32.2. The summed E-state index contributed by atoms with van der Waals surface area (Å²) in [6, 6.07) is 28.9. The van der Waals surface area contributed by atoms with Crippen LogP contribution in [0.3, 0.4) is 0 Å². The number of allylic oxidation sites excluding steroid dienone is 4. The molecule has 4 aromatic carbocycles. The Hall–Kier alpha value is -3.49. The Balaban J connectivity index is 1.19. The molecule has 0 spiro atoms. The molecule has 34 heavy (non-hydrogen) atoms. The van der Waals surface area contributed by atoms with Crippen LogP contribution in [0.4, 0.5) is 11.4 Å². The largest absolute Gasteiger partial charge is 0.355 e. The van der Waals surface area contributed by atoms with E-state index in [0.717, 1.165) is 18.5 Å². The van der Waals surface area contributed by atoms with Crippen LogP contribution in [0.25, 0.3) is 22.4 Å². The van der Waals surface area contributed by atoms with E-state index >= 15 is 0 Å². The lowest BCUT2D eigenvalue weighted by Crippen LogP contribution is -2.14. The van der Waals surface area contributed by atoms with E-state index in [2.05, 4.69) is 115 Å². The van der Waals surface area contributed by atoms with E-state index in [1.54, 1.807) is 0 Å². The van der Waals surface area contributed by atoms with Crippen LogP contribution < -0.4 is 5.32 Å². The van der Waals surface area contributed by atoms with Crippen LogP contribution in [0.5, 0.6) is 0 Å². The van der Waals surface area contributed by atoms with E-state index in [-0.39, 0.29) is 0 Å². The van der Waals surface area contributed by atoms with E-state index in [1.807, 2.05) is 11.8 Å². The molecule has 0 saturated heterocycles. The lowest BCUT2D eigenvalue weighted by atomic mass is 9.85. The first kappa shape index (κ1) is 19.9. The molecule has 1 heterocycles. The molecular weight excluding hydrogens is 430 g/mol. The Morgan fingerprint density at radius 2 is 1.74 bits per heavy atom. The Labute approximate surface area is 204 Å². The molecule has 1 aliphatic heterocycles. The molecule has 2 atom stereocenters. The van der Waals surface area contributed by atoms with Gasteiger partial charge in [0.25, 0.3) is 0 Å². The van der Waals surface area contributed by atoms with E-state index < -0.39 is 0 Å². The molecule has 0 fully saturated rings. The summed E-state index contributed by atoms with van der Waals surface area (Å²) in [5.74, 6) is 0.394. The van der Waals surface area contributed by atoms with Crippen LogP contribution in [-0.2, 0) is 6.42 Å². The SMILES string of the molecule is C1=CC(c2ccc(Nc3cc4ccccc4c4c3CCC=C4)cc2)C2Sc3ccccc3C2=C1. The molecule has 3 aliphatic rings. The van der Waals surface area contributed by atoms with Gasteiger partial charge in [0, 0.05) is 27.4 Å². The van der Waals surface area contributed by atoms with Crippen molar-refractivity contribution >= 4 is 45.6 Å². The molecule has 1 N–H and O–H groups in total. The Kier molecular flexibility index (Phi) is 4.73. The topological polar surface area (TPSA) is 12.0 Å². The minimum absolute atomic E-state index is 0.394. The van der Waals surface area contributed by atoms with Gasteiger partial charge in [-0.2, -0.15) is 0 Å². The molecule has 1 nitrogen and oxygen atoms in total. The van der Waals surface area contributed by atoms with Gasteiger partial charge in [0.05, 0.1) is 0 Å². The zero-order valence-electron chi connectivity index (χ0n) is 18.9. The first-order valence-corrected chi connectivity index (χ1v) is 13.0. The predicted molar refractivity (Wildman–Crippen MR) is 147 cm³/mol. The minimum atomic E-state index is 0.394. The second kappa shape index (κ2) is 8.07. The number of benzene rings is 4. The highest BCUT2D eigenvalue weighted by molar-refractivity contribution is 8.01. The summed E-state index contributed by atoms with van der Waals surface area (Å²) < 4.78 is 0. The highest BCUT2D eigenvalue weighted by Crippen LogP contribution is 2.52. The Morgan fingerprint density at radius 1 is 0.882 bits per heavy atom. The quantitative estimate of drug-likeness (QED) is 0.331. The Bertz CT molecular complexity index is 1510. The molecule has 0 amide bonds. The van der Waals surface area contributed by atoms with Gasteiger partial charge in [-0.25, -0.2) is 0 Å². The molecule has 0 saturated carbocycles. The van der Waals surface area contributed by atoms with Gasteiger partial charge in [0.15, 0.2) is 0 Å². The molecule has 0 radical (unpaired) electrons. The normalized spacial score (nSPS) is 19.9. The third-order valence-corrected chi connectivity index (χ3v) is 8.71. The Morgan fingerprint density at radius 3 is 2.68 bits per heavy atom. The van der Waals surface area contributed by atoms with Crippen LogP contribution in [0.1, 0.15) is 34.6 Å². The molecule has 2 unspecified atom stereocenters. The van der Waals surface area contributed by atoms with Crippen molar-refractivity contribution in [1.29, 1.82) is 0 Å². The third kappa shape index (κ3) is 3.25. The number of fused-ring (bicyclic) bond motifs is 6. The summed E-state index contributed by atoms with van der Waals surface area (Å²) in [7, 11) is 0. The average Bonchev–Trinajstić information content (AvgIpc) is 3.28. The number of rotatable bonds is 3. The summed E-state index contributed by atoms with van der Waals surface area (Å²) in [4.78, 5) is 1.40. The van der Waals surface area contributed by atoms with Crippen molar-refractivity contribution in [3.63, 3.8) is 0 Å². The predicted octanol–water partition coefficient (Wildman–Crippen LogP) is 8.75. The maximum absolute atomic E-state index is 3.75. The lowest BCUT2D eigenvalue weighted by Gasteiger charge is -2.25. The monoisotopic (exact) mass is 455 g/mol. The van der Waals surface area contributed by atoms with Gasteiger partial charge in [0.1, 0.15) is 0 Å². The van der Waals surface area contributed by atoms with Gasteiger partial charge in [0.2, 0.25) is 0 Å². The zero-order chi connectivity index (χ0) is 22.5. The van der Waals surface area contributed by atoms with E-state index in [1.165, 1.54) is 49.2 Å². The van der Waals surface area contributed by atoms with Gasteiger partial charge in [-0.05, 0) is 75.7 Å². The van der Waals surface area contributed by atoms with Crippen molar-refractivity contribution in [3.8, 4) is 0 Å².